The number of rotatable bonds is 7. The molecule has 0 atom stereocenters. The topological polar surface area (TPSA) is 133 Å². The zero-order valence-corrected chi connectivity index (χ0v) is 13.3. The Kier molecular flexibility index (Phi) is 10.8. The lowest BCUT2D eigenvalue weighted by atomic mass is 10.1. The minimum absolute atomic E-state index is 0.244. The Morgan fingerprint density at radius 2 is 1.86 bits per heavy atom. The number of hydrogen-bond acceptors (Lipinski definition) is 8. The second-order valence-corrected chi connectivity index (χ2v) is 5.36. The maximum atomic E-state index is 10.4. The molecule has 0 unspecified atom stereocenters. The number of unbranched alkanes of at least 4 members (excludes halogenated alkanes) is 1. The van der Waals surface area contributed by atoms with Gasteiger partial charge in [-0.3, -0.25) is 4.79 Å². The summed E-state index contributed by atoms with van der Waals surface area (Å²) < 4.78 is 0. The number of nitrogens with one attached hydrogen (secondary N) is 1. The first-order chi connectivity index (χ1) is 10.0. The molecule has 0 radical (unpaired) electrons. The predicted octanol–water partition coefficient (Wildman–Crippen LogP) is 0.500. The highest BCUT2D eigenvalue weighted by Crippen LogP contribution is 2.12. The molecule has 1 heterocycles. The molecule has 1 rings (SSSR count). The summed E-state index contributed by atoms with van der Waals surface area (Å²) >= 11 is 1.33. The third-order valence-electron chi connectivity index (χ3n) is 2.18. The van der Waals surface area contributed by atoms with Gasteiger partial charge >= 0.3 is 0 Å². The standard InChI is InChI=1S/C11H17N5OS.C2H7N/c12-8(5-6-9(13)14)3-1-2-4-10-15-16-11(7-17)18-10;1-3-2/h5-7H,1-4,12-14H2;3H,1-2H3/b8-5-;. The molecule has 0 fully saturated rings. The Balaban J connectivity index is 0.00000122. The van der Waals surface area contributed by atoms with Gasteiger partial charge in [0.1, 0.15) is 5.01 Å². The first kappa shape index (κ1) is 19.1. The molecule has 0 aliphatic carbocycles. The number of carbonyl (C=O) groups is 1. The molecule has 0 aromatic carbocycles. The van der Waals surface area contributed by atoms with Crippen LogP contribution in [-0.4, -0.2) is 30.6 Å². The quantitative estimate of drug-likeness (QED) is 0.327. The molecule has 21 heavy (non-hydrogen) atoms. The number of nitrogens with two attached hydrogens (primary N) is 3. The van der Waals surface area contributed by atoms with Crippen LogP contribution in [0.15, 0.2) is 23.7 Å². The maximum Gasteiger partial charge on any atom is 0.180 e. The van der Waals surface area contributed by atoms with Crippen molar-refractivity contribution in [1.29, 1.82) is 0 Å². The summed E-state index contributed by atoms with van der Waals surface area (Å²) in [6.45, 7) is 0. The van der Waals surface area contributed by atoms with Crippen molar-refractivity contribution in [2.45, 2.75) is 25.7 Å². The third-order valence-corrected chi connectivity index (χ3v) is 3.09. The van der Waals surface area contributed by atoms with Gasteiger partial charge in [-0.2, -0.15) is 0 Å². The Bertz CT molecular complexity index is 465. The number of aromatic nitrogens is 2. The van der Waals surface area contributed by atoms with E-state index in [2.05, 4.69) is 15.5 Å². The van der Waals surface area contributed by atoms with E-state index in [1.54, 1.807) is 12.2 Å². The number of nitrogens with zero attached hydrogens (tertiary/aromatic N) is 2. The smallest absolute Gasteiger partial charge is 0.180 e. The molecule has 0 bridgehead atoms. The second kappa shape index (κ2) is 11.9. The van der Waals surface area contributed by atoms with Gasteiger partial charge in [0.25, 0.3) is 0 Å². The Morgan fingerprint density at radius 3 is 2.38 bits per heavy atom. The van der Waals surface area contributed by atoms with E-state index in [4.69, 9.17) is 17.2 Å². The van der Waals surface area contributed by atoms with E-state index in [1.165, 1.54) is 11.3 Å². The van der Waals surface area contributed by atoms with Crippen LogP contribution >= 0.6 is 11.3 Å². The minimum Gasteiger partial charge on any atom is -0.402 e. The van der Waals surface area contributed by atoms with Crippen LogP contribution in [0.5, 0.6) is 0 Å². The number of aryl methyl sites for hydroxylation is 1. The molecule has 0 amide bonds. The van der Waals surface area contributed by atoms with Gasteiger partial charge in [-0.1, -0.05) is 11.3 Å². The van der Waals surface area contributed by atoms with E-state index in [0.29, 0.717) is 11.3 Å². The van der Waals surface area contributed by atoms with Crippen molar-refractivity contribution in [2.75, 3.05) is 14.1 Å². The van der Waals surface area contributed by atoms with Crippen LogP contribution in [0, 0.1) is 0 Å². The van der Waals surface area contributed by atoms with Gasteiger partial charge in [-0.05, 0) is 45.5 Å². The van der Waals surface area contributed by atoms with Gasteiger partial charge in [0.15, 0.2) is 11.3 Å². The molecule has 8 heteroatoms. The van der Waals surface area contributed by atoms with Crippen LogP contribution in [0.2, 0.25) is 0 Å². The van der Waals surface area contributed by atoms with Crippen LogP contribution in [0.1, 0.15) is 34.1 Å². The largest absolute Gasteiger partial charge is 0.402 e. The highest BCUT2D eigenvalue weighted by Gasteiger charge is 2.02. The van der Waals surface area contributed by atoms with Crippen molar-refractivity contribution in [3.63, 3.8) is 0 Å². The average Bonchev–Trinajstić information content (AvgIpc) is 2.90. The van der Waals surface area contributed by atoms with Crippen molar-refractivity contribution in [3.05, 3.63) is 33.7 Å². The molecule has 118 valence electrons. The third kappa shape index (κ3) is 10.5. The van der Waals surface area contributed by atoms with Crippen molar-refractivity contribution >= 4 is 17.6 Å². The van der Waals surface area contributed by atoms with Crippen LogP contribution in [0.3, 0.4) is 0 Å². The van der Waals surface area contributed by atoms with Crippen LogP contribution in [0.4, 0.5) is 0 Å². The molecule has 0 spiro atoms. The van der Waals surface area contributed by atoms with Crippen LogP contribution in [-0.2, 0) is 6.42 Å². The van der Waals surface area contributed by atoms with Crippen molar-refractivity contribution in [1.82, 2.24) is 15.5 Å². The highest BCUT2D eigenvalue weighted by molar-refractivity contribution is 7.12. The van der Waals surface area contributed by atoms with Crippen LogP contribution in [0.25, 0.3) is 0 Å². The lowest BCUT2D eigenvalue weighted by molar-refractivity contribution is 0.112. The summed E-state index contributed by atoms with van der Waals surface area (Å²) in [4.78, 5) is 10.4. The molecular formula is C13H24N6OS. The van der Waals surface area contributed by atoms with E-state index >= 15 is 0 Å². The van der Waals surface area contributed by atoms with Gasteiger partial charge in [-0.25, -0.2) is 0 Å². The van der Waals surface area contributed by atoms with E-state index in [0.717, 1.165) is 36.4 Å². The highest BCUT2D eigenvalue weighted by atomic mass is 32.1. The van der Waals surface area contributed by atoms with Crippen LogP contribution < -0.4 is 22.5 Å². The van der Waals surface area contributed by atoms with Gasteiger partial charge in [-0.15, -0.1) is 10.2 Å². The van der Waals surface area contributed by atoms with E-state index < -0.39 is 0 Å². The Labute approximate surface area is 129 Å². The lowest BCUT2D eigenvalue weighted by Crippen LogP contribution is -2.07. The zero-order valence-electron chi connectivity index (χ0n) is 12.5. The number of hydrogen-bond donors (Lipinski definition) is 4. The summed E-state index contributed by atoms with van der Waals surface area (Å²) in [5, 5.41) is 11.7. The fourth-order valence-corrected chi connectivity index (χ4v) is 2.01. The number of carbonyl (C=O) groups excluding carboxylic acids is 1. The van der Waals surface area contributed by atoms with Gasteiger partial charge in [0.05, 0.1) is 5.82 Å². The zero-order chi connectivity index (χ0) is 16.1. The van der Waals surface area contributed by atoms with Crippen molar-refractivity contribution < 1.29 is 4.79 Å². The van der Waals surface area contributed by atoms with E-state index in [-0.39, 0.29) is 5.82 Å². The Hall–Kier alpha value is -1.93. The van der Waals surface area contributed by atoms with E-state index in [1.807, 2.05) is 14.1 Å². The first-order valence-electron chi connectivity index (χ1n) is 6.56. The molecule has 1 aromatic heterocycles. The summed E-state index contributed by atoms with van der Waals surface area (Å²) in [6, 6.07) is 0. The first-order valence-corrected chi connectivity index (χ1v) is 7.38. The normalized spacial score (nSPS) is 10.5. The fourth-order valence-electron chi connectivity index (χ4n) is 1.31. The van der Waals surface area contributed by atoms with Gasteiger partial charge in [0.2, 0.25) is 0 Å². The molecular weight excluding hydrogens is 288 g/mol. The van der Waals surface area contributed by atoms with Gasteiger partial charge in [0, 0.05) is 12.1 Å². The second-order valence-electron chi connectivity index (χ2n) is 4.27. The molecule has 7 nitrogen and oxygen atoms in total. The molecule has 0 aliphatic heterocycles. The monoisotopic (exact) mass is 312 g/mol. The minimum atomic E-state index is 0.244. The lowest BCUT2D eigenvalue weighted by Gasteiger charge is -1.99. The molecule has 1 aromatic rings. The Morgan fingerprint density at radius 1 is 1.19 bits per heavy atom. The average molecular weight is 312 g/mol. The SMILES string of the molecule is CNC.NC(N)=C/C=C(\N)CCCCc1nnc(C=O)s1. The number of aldehydes is 1. The van der Waals surface area contributed by atoms with E-state index in [9.17, 15) is 4.79 Å². The molecule has 0 saturated heterocycles. The molecule has 0 aliphatic rings. The summed E-state index contributed by atoms with van der Waals surface area (Å²) in [5.41, 5.74) is 17.1. The molecule has 0 saturated carbocycles. The van der Waals surface area contributed by atoms with Crippen molar-refractivity contribution in [3.8, 4) is 0 Å². The molecule has 7 N–H and O–H groups in total. The fraction of sp³-hybridized carbons (Fsp3) is 0.462. The summed E-state index contributed by atoms with van der Waals surface area (Å²) in [6.07, 6.45) is 7.49. The summed E-state index contributed by atoms with van der Waals surface area (Å²) in [5.74, 6) is 0.244. The summed E-state index contributed by atoms with van der Waals surface area (Å²) in [7, 11) is 3.75. The van der Waals surface area contributed by atoms with Crippen molar-refractivity contribution in [2.24, 2.45) is 17.2 Å². The van der Waals surface area contributed by atoms with Gasteiger partial charge < -0.3 is 22.5 Å². The number of allylic oxidation sites excluding steroid dienone is 3. The predicted molar refractivity (Wildman–Crippen MR) is 86.6 cm³/mol. The maximum absolute atomic E-state index is 10.4.